The molecule has 2 nitrogen and oxygen atoms in total. The maximum absolute atomic E-state index is 10.2. The maximum Gasteiger partial charge on any atom is 0.0802 e. The van der Waals surface area contributed by atoms with Gasteiger partial charge < -0.3 is 10.0 Å². The van der Waals surface area contributed by atoms with E-state index in [1.54, 1.807) is 0 Å². The van der Waals surface area contributed by atoms with Gasteiger partial charge in [-0.05, 0) is 23.8 Å². The fourth-order valence-corrected chi connectivity index (χ4v) is 2.44. The number of aliphatic hydroxyl groups excluding tert-OH is 1. The maximum atomic E-state index is 10.2. The first kappa shape index (κ1) is 16.2. The monoisotopic (exact) mass is 263 g/mol. The molecule has 1 rings (SSSR count). The molecule has 0 aliphatic rings. The molecule has 0 aliphatic carbocycles. The van der Waals surface area contributed by atoms with E-state index >= 15 is 0 Å². The molecule has 0 spiro atoms. The number of nitrogens with zero attached hydrogens (tertiary/aromatic N) is 1. The van der Waals surface area contributed by atoms with Crippen LogP contribution in [0.15, 0.2) is 30.3 Å². The van der Waals surface area contributed by atoms with E-state index in [0.717, 1.165) is 31.6 Å². The molecule has 1 aromatic rings. The van der Waals surface area contributed by atoms with Gasteiger partial charge in [-0.25, -0.2) is 0 Å². The lowest BCUT2D eigenvalue weighted by Crippen LogP contribution is -2.33. The Bertz CT molecular complexity index is 324. The van der Waals surface area contributed by atoms with Gasteiger partial charge >= 0.3 is 0 Å². The minimum absolute atomic E-state index is 0.344. The summed E-state index contributed by atoms with van der Waals surface area (Å²) >= 11 is 0. The second-order valence-corrected chi connectivity index (χ2v) is 6.26. The molecule has 0 aromatic heterocycles. The molecule has 0 aliphatic heterocycles. The van der Waals surface area contributed by atoms with Gasteiger partial charge in [0.05, 0.1) is 6.10 Å². The summed E-state index contributed by atoms with van der Waals surface area (Å²) < 4.78 is 0. The molecule has 1 atom stereocenters. The summed E-state index contributed by atoms with van der Waals surface area (Å²) in [5.41, 5.74) is 1.02. The van der Waals surface area contributed by atoms with E-state index in [2.05, 4.69) is 32.6 Å². The summed E-state index contributed by atoms with van der Waals surface area (Å²) in [6, 6.07) is 9.96. The molecule has 0 radical (unpaired) electrons. The molecular formula is C17H29NO. The molecule has 0 fully saturated rings. The third-order valence-corrected chi connectivity index (χ3v) is 3.15. The van der Waals surface area contributed by atoms with Crippen LogP contribution in [0.2, 0.25) is 0 Å². The van der Waals surface area contributed by atoms with Crippen LogP contribution in [0.25, 0.3) is 0 Å². The van der Waals surface area contributed by atoms with Crippen molar-refractivity contribution < 1.29 is 5.11 Å². The highest BCUT2D eigenvalue weighted by Gasteiger charge is 2.13. The smallest absolute Gasteiger partial charge is 0.0802 e. The number of aliphatic hydroxyl groups is 1. The second kappa shape index (κ2) is 8.34. The van der Waals surface area contributed by atoms with Gasteiger partial charge in [0.1, 0.15) is 0 Å². The first-order valence-electron chi connectivity index (χ1n) is 7.44. The van der Waals surface area contributed by atoms with Gasteiger partial charge in [-0.1, -0.05) is 58.0 Å². The van der Waals surface area contributed by atoms with Crippen LogP contribution in [-0.2, 0) is 0 Å². The predicted molar refractivity (Wildman–Crippen MR) is 82.1 cm³/mol. The lowest BCUT2D eigenvalue weighted by Gasteiger charge is -2.27. The van der Waals surface area contributed by atoms with Gasteiger partial charge in [0.2, 0.25) is 0 Å². The van der Waals surface area contributed by atoms with Crippen molar-refractivity contribution in [3.05, 3.63) is 35.9 Å². The molecular weight excluding hydrogens is 234 g/mol. The van der Waals surface area contributed by atoms with E-state index in [0.29, 0.717) is 11.8 Å². The van der Waals surface area contributed by atoms with Crippen LogP contribution in [0.5, 0.6) is 0 Å². The third kappa shape index (κ3) is 6.74. The molecule has 0 unspecified atom stereocenters. The third-order valence-electron chi connectivity index (χ3n) is 3.15. The van der Waals surface area contributed by atoms with Crippen molar-refractivity contribution in [2.75, 3.05) is 19.6 Å². The summed E-state index contributed by atoms with van der Waals surface area (Å²) in [4.78, 5) is 2.47. The van der Waals surface area contributed by atoms with Crippen molar-refractivity contribution >= 4 is 0 Å². The van der Waals surface area contributed by atoms with E-state index < -0.39 is 0 Å². The Morgan fingerprint density at radius 3 is 1.95 bits per heavy atom. The van der Waals surface area contributed by atoms with Gasteiger partial charge in [-0.2, -0.15) is 0 Å². The molecule has 2 heteroatoms. The van der Waals surface area contributed by atoms with Crippen LogP contribution < -0.4 is 0 Å². The normalized spacial score (nSPS) is 13.5. The zero-order chi connectivity index (χ0) is 14.3. The first-order chi connectivity index (χ1) is 8.99. The van der Waals surface area contributed by atoms with Crippen molar-refractivity contribution in [1.82, 2.24) is 4.90 Å². The highest BCUT2D eigenvalue weighted by atomic mass is 16.3. The molecule has 0 amide bonds. The summed E-state index contributed by atoms with van der Waals surface area (Å²) in [5.74, 6) is 1.35. The number of hydrogen-bond acceptors (Lipinski definition) is 2. The van der Waals surface area contributed by atoms with Gasteiger partial charge in [-0.3, -0.25) is 0 Å². The molecule has 1 N–H and O–H groups in total. The van der Waals surface area contributed by atoms with Crippen LogP contribution in [0.3, 0.4) is 0 Å². The highest BCUT2D eigenvalue weighted by molar-refractivity contribution is 5.17. The Kier molecular flexibility index (Phi) is 7.11. The van der Waals surface area contributed by atoms with E-state index in [-0.39, 0.29) is 6.10 Å². The fraction of sp³-hybridized carbons (Fsp3) is 0.647. The Hall–Kier alpha value is -0.860. The zero-order valence-corrected chi connectivity index (χ0v) is 12.8. The van der Waals surface area contributed by atoms with E-state index in [1.807, 2.05) is 30.3 Å². The van der Waals surface area contributed by atoms with Crippen molar-refractivity contribution in [3.63, 3.8) is 0 Å². The Balaban J connectivity index is 2.46. The van der Waals surface area contributed by atoms with Crippen LogP contribution in [0.1, 0.15) is 45.8 Å². The summed E-state index contributed by atoms with van der Waals surface area (Å²) in [6.45, 7) is 12.2. The van der Waals surface area contributed by atoms with Gasteiger partial charge in [0.15, 0.2) is 0 Å². The van der Waals surface area contributed by atoms with Crippen LogP contribution in [0, 0.1) is 11.8 Å². The molecule has 1 aromatic carbocycles. The van der Waals surface area contributed by atoms with Crippen molar-refractivity contribution in [3.8, 4) is 0 Å². The van der Waals surface area contributed by atoms with Crippen LogP contribution >= 0.6 is 0 Å². The molecule has 0 saturated heterocycles. The van der Waals surface area contributed by atoms with Crippen molar-refractivity contribution in [2.24, 2.45) is 11.8 Å². The molecule has 0 heterocycles. The summed E-state index contributed by atoms with van der Waals surface area (Å²) in [6.07, 6.45) is 0.465. The SMILES string of the molecule is CC(C)CN(CC[C@H](O)c1ccccc1)CC(C)C. The minimum Gasteiger partial charge on any atom is -0.388 e. The highest BCUT2D eigenvalue weighted by Crippen LogP contribution is 2.17. The van der Waals surface area contributed by atoms with Gasteiger partial charge in [0.25, 0.3) is 0 Å². The molecule has 108 valence electrons. The number of rotatable bonds is 8. The number of benzene rings is 1. The van der Waals surface area contributed by atoms with E-state index in [1.165, 1.54) is 0 Å². The Morgan fingerprint density at radius 1 is 0.947 bits per heavy atom. The average molecular weight is 263 g/mol. The standard InChI is InChI=1S/C17H29NO/c1-14(2)12-18(13-15(3)4)11-10-17(19)16-8-6-5-7-9-16/h5-9,14-15,17,19H,10-13H2,1-4H3/t17-/m0/s1. The average Bonchev–Trinajstić information content (AvgIpc) is 2.35. The molecule has 0 saturated carbocycles. The molecule has 0 bridgehead atoms. The van der Waals surface area contributed by atoms with Crippen LogP contribution in [0.4, 0.5) is 0 Å². The quantitative estimate of drug-likeness (QED) is 0.772. The van der Waals surface area contributed by atoms with E-state index in [4.69, 9.17) is 0 Å². The fourth-order valence-electron chi connectivity index (χ4n) is 2.44. The predicted octanol–water partition coefficient (Wildman–Crippen LogP) is 3.72. The minimum atomic E-state index is -0.344. The summed E-state index contributed by atoms with van der Waals surface area (Å²) in [7, 11) is 0. The second-order valence-electron chi connectivity index (χ2n) is 6.26. The zero-order valence-electron chi connectivity index (χ0n) is 12.8. The topological polar surface area (TPSA) is 23.5 Å². The lowest BCUT2D eigenvalue weighted by molar-refractivity contribution is 0.131. The first-order valence-corrected chi connectivity index (χ1v) is 7.44. The lowest BCUT2D eigenvalue weighted by atomic mass is 10.1. The largest absolute Gasteiger partial charge is 0.388 e. The number of hydrogen-bond donors (Lipinski definition) is 1. The summed E-state index contributed by atoms with van der Waals surface area (Å²) in [5, 5.41) is 10.2. The van der Waals surface area contributed by atoms with Gasteiger partial charge in [0, 0.05) is 19.6 Å². The Morgan fingerprint density at radius 2 is 1.47 bits per heavy atom. The van der Waals surface area contributed by atoms with Gasteiger partial charge in [-0.15, -0.1) is 0 Å². The van der Waals surface area contributed by atoms with Crippen molar-refractivity contribution in [1.29, 1.82) is 0 Å². The van der Waals surface area contributed by atoms with Crippen LogP contribution in [-0.4, -0.2) is 29.6 Å². The Labute approximate surface area is 118 Å². The van der Waals surface area contributed by atoms with Crippen molar-refractivity contribution in [2.45, 2.75) is 40.2 Å². The molecule has 19 heavy (non-hydrogen) atoms. The van der Waals surface area contributed by atoms with E-state index in [9.17, 15) is 5.11 Å².